The van der Waals surface area contributed by atoms with Crippen LogP contribution in [0.3, 0.4) is 0 Å². The van der Waals surface area contributed by atoms with Crippen molar-refractivity contribution in [1.82, 2.24) is 4.90 Å². The molecular formula is C24H28F3NO8. The van der Waals surface area contributed by atoms with Crippen molar-refractivity contribution in [1.29, 1.82) is 0 Å². The minimum Gasteiger partial charge on any atom is -0.461 e. The molecule has 0 radical (unpaired) electrons. The van der Waals surface area contributed by atoms with Crippen LogP contribution in [0.5, 0.6) is 5.75 Å². The highest BCUT2D eigenvalue weighted by atomic mass is 19.4. The fraction of sp³-hybridized carbons (Fsp3) is 0.458. The highest BCUT2D eigenvalue weighted by Crippen LogP contribution is 2.40. The third kappa shape index (κ3) is 6.52. The summed E-state index contributed by atoms with van der Waals surface area (Å²) in [6.07, 6.45) is -13.3. The van der Waals surface area contributed by atoms with Crippen molar-refractivity contribution >= 4 is 5.97 Å². The summed E-state index contributed by atoms with van der Waals surface area (Å²) < 4.78 is 57.1. The van der Waals surface area contributed by atoms with Gasteiger partial charge in [0.1, 0.15) is 36.8 Å². The van der Waals surface area contributed by atoms with Gasteiger partial charge in [-0.2, -0.15) is 13.2 Å². The number of rotatable bonds is 8. The third-order valence-electron chi connectivity index (χ3n) is 5.60. The van der Waals surface area contributed by atoms with E-state index in [4.69, 9.17) is 14.2 Å². The quantitative estimate of drug-likeness (QED) is 0.384. The Bertz CT molecular complexity index is 1030. The van der Waals surface area contributed by atoms with E-state index in [1.807, 2.05) is 19.0 Å². The maximum Gasteiger partial charge on any atom is 0.419 e. The molecule has 5 atom stereocenters. The summed E-state index contributed by atoms with van der Waals surface area (Å²) in [7, 11) is 3.66. The Balaban J connectivity index is 1.81. The molecule has 0 unspecified atom stereocenters. The Hall–Kier alpha value is -2.74. The van der Waals surface area contributed by atoms with Gasteiger partial charge in [-0.3, -0.25) is 0 Å². The van der Waals surface area contributed by atoms with E-state index in [9.17, 15) is 38.4 Å². The summed E-state index contributed by atoms with van der Waals surface area (Å²) in [5.74, 6) is -1.24. The van der Waals surface area contributed by atoms with Gasteiger partial charge in [0.15, 0.2) is 0 Å². The van der Waals surface area contributed by atoms with Gasteiger partial charge >= 0.3 is 12.1 Å². The number of alkyl halides is 3. The highest BCUT2D eigenvalue weighted by Gasteiger charge is 2.45. The van der Waals surface area contributed by atoms with E-state index in [0.717, 1.165) is 12.1 Å². The first kappa shape index (κ1) is 27.8. The molecule has 3 rings (SSSR count). The van der Waals surface area contributed by atoms with Crippen molar-refractivity contribution < 1.29 is 52.6 Å². The normalized spacial score (nSPS) is 24.6. The monoisotopic (exact) mass is 515 g/mol. The molecular weight excluding hydrogens is 487 g/mol. The van der Waals surface area contributed by atoms with Gasteiger partial charge in [0.2, 0.25) is 6.29 Å². The molecule has 1 aliphatic rings. The molecule has 0 aromatic heterocycles. The van der Waals surface area contributed by atoms with Crippen molar-refractivity contribution in [3.05, 3.63) is 53.6 Å². The second-order valence-electron chi connectivity index (χ2n) is 8.54. The molecule has 1 saturated heterocycles. The molecule has 198 valence electrons. The molecule has 0 aliphatic carbocycles. The molecule has 0 bridgehead atoms. The first-order valence-electron chi connectivity index (χ1n) is 11.0. The van der Waals surface area contributed by atoms with Crippen LogP contribution in [-0.2, 0) is 15.7 Å². The molecule has 1 fully saturated rings. The van der Waals surface area contributed by atoms with E-state index < -0.39 is 60.8 Å². The van der Waals surface area contributed by atoms with Crippen LogP contribution in [-0.4, -0.2) is 95.9 Å². The second-order valence-corrected chi connectivity index (χ2v) is 8.54. The van der Waals surface area contributed by atoms with Crippen molar-refractivity contribution in [2.24, 2.45) is 0 Å². The van der Waals surface area contributed by atoms with E-state index in [1.165, 1.54) is 30.3 Å². The maximum atomic E-state index is 13.8. The number of carbonyl (C=O) groups is 1. The lowest BCUT2D eigenvalue weighted by Gasteiger charge is -2.39. The predicted molar refractivity (Wildman–Crippen MR) is 120 cm³/mol. The first-order valence-corrected chi connectivity index (χ1v) is 11.0. The number of aliphatic hydroxyl groups excluding tert-OH is 4. The van der Waals surface area contributed by atoms with E-state index >= 15 is 0 Å². The van der Waals surface area contributed by atoms with Gasteiger partial charge in [-0.15, -0.1) is 0 Å². The molecule has 2 aromatic carbocycles. The van der Waals surface area contributed by atoms with E-state index in [2.05, 4.69) is 0 Å². The van der Waals surface area contributed by atoms with Crippen LogP contribution in [0, 0.1) is 0 Å². The van der Waals surface area contributed by atoms with Crippen LogP contribution >= 0.6 is 0 Å². The summed E-state index contributed by atoms with van der Waals surface area (Å²) in [6.45, 7) is -0.0188. The predicted octanol–water partition coefficient (Wildman–Crippen LogP) is 1.27. The van der Waals surface area contributed by atoms with Gasteiger partial charge in [-0.1, -0.05) is 18.2 Å². The van der Waals surface area contributed by atoms with Crippen molar-refractivity contribution in [3.8, 4) is 16.9 Å². The zero-order chi connectivity index (χ0) is 26.6. The number of esters is 1. The Kier molecular flexibility index (Phi) is 8.93. The molecule has 2 aromatic rings. The molecule has 4 N–H and O–H groups in total. The van der Waals surface area contributed by atoms with Gasteiger partial charge in [0.05, 0.1) is 17.7 Å². The van der Waals surface area contributed by atoms with Crippen LogP contribution in [0.1, 0.15) is 15.9 Å². The lowest BCUT2D eigenvalue weighted by molar-refractivity contribution is -0.278. The minimum atomic E-state index is -4.85. The van der Waals surface area contributed by atoms with Gasteiger partial charge in [0, 0.05) is 6.54 Å². The second kappa shape index (κ2) is 11.5. The average molecular weight is 515 g/mol. The molecule has 0 amide bonds. The number of aliphatic hydroxyl groups is 4. The number of nitrogens with zero attached hydrogens (tertiary/aromatic N) is 1. The van der Waals surface area contributed by atoms with Gasteiger partial charge in [0.25, 0.3) is 0 Å². The van der Waals surface area contributed by atoms with Crippen LogP contribution < -0.4 is 4.74 Å². The fourth-order valence-corrected chi connectivity index (χ4v) is 3.53. The number of carbonyl (C=O) groups excluding carboxylic acids is 1. The number of ether oxygens (including phenoxy) is 3. The zero-order valence-electron chi connectivity index (χ0n) is 19.6. The van der Waals surface area contributed by atoms with E-state index in [0.29, 0.717) is 12.1 Å². The minimum absolute atomic E-state index is 0.177. The first-order chi connectivity index (χ1) is 16.9. The molecule has 1 aliphatic heterocycles. The molecule has 0 saturated carbocycles. The molecule has 1 heterocycles. The summed E-state index contributed by atoms with van der Waals surface area (Å²) >= 11 is 0. The largest absolute Gasteiger partial charge is 0.461 e. The Labute approximate surface area is 205 Å². The Morgan fingerprint density at radius 1 is 1.00 bits per heavy atom. The maximum absolute atomic E-state index is 13.8. The number of likely N-dealkylation sites (N-methyl/N-ethyl adjacent to an activating group) is 1. The smallest absolute Gasteiger partial charge is 0.419 e. The van der Waals surface area contributed by atoms with Gasteiger partial charge in [-0.05, 0) is 49.5 Å². The van der Waals surface area contributed by atoms with Crippen LogP contribution in [0.25, 0.3) is 11.1 Å². The number of hydrogen-bond donors (Lipinski definition) is 4. The topological polar surface area (TPSA) is 129 Å². The SMILES string of the molecule is CN(C)CCOC(=O)c1ccc(-c2ccc(O[C@H]3O[C@H](CO)[C@@H](O)[C@H](O)[C@@H]3O)c(C(F)(F)F)c2)cc1. The van der Waals surface area contributed by atoms with E-state index in [1.54, 1.807) is 0 Å². The molecule has 9 nitrogen and oxygen atoms in total. The Morgan fingerprint density at radius 2 is 1.64 bits per heavy atom. The number of halogens is 3. The van der Waals surface area contributed by atoms with Crippen LogP contribution in [0.15, 0.2) is 42.5 Å². The van der Waals surface area contributed by atoms with Crippen LogP contribution in [0.2, 0.25) is 0 Å². The standard InChI is InChI=1S/C24H28F3NO8/c1-28(2)9-10-34-22(33)14-5-3-13(4-6-14)15-7-8-17(16(11-15)24(25,26)27)35-23-21(32)20(31)19(30)18(12-29)36-23/h3-8,11,18-21,23,29-32H,9-10,12H2,1-2H3/t18-,19-,20+,21+,23+/m1/s1. The molecule has 0 spiro atoms. The summed E-state index contributed by atoms with van der Waals surface area (Å²) in [5, 5.41) is 39.1. The van der Waals surface area contributed by atoms with Crippen molar-refractivity contribution in [2.45, 2.75) is 36.9 Å². The molecule has 12 heteroatoms. The van der Waals surface area contributed by atoms with Crippen LogP contribution in [0.4, 0.5) is 13.2 Å². The zero-order valence-corrected chi connectivity index (χ0v) is 19.6. The number of benzene rings is 2. The van der Waals surface area contributed by atoms with Gasteiger partial charge < -0.3 is 39.5 Å². The van der Waals surface area contributed by atoms with E-state index in [-0.39, 0.29) is 17.7 Å². The molecule has 36 heavy (non-hydrogen) atoms. The summed E-state index contributed by atoms with van der Waals surface area (Å²) in [5.41, 5.74) is -0.360. The summed E-state index contributed by atoms with van der Waals surface area (Å²) in [4.78, 5) is 14.0. The highest BCUT2D eigenvalue weighted by molar-refractivity contribution is 5.90. The van der Waals surface area contributed by atoms with Crippen molar-refractivity contribution in [3.63, 3.8) is 0 Å². The van der Waals surface area contributed by atoms with Crippen molar-refractivity contribution in [2.75, 3.05) is 33.9 Å². The summed E-state index contributed by atoms with van der Waals surface area (Å²) in [6, 6.07) is 9.07. The lowest BCUT2D eigenvalue weighted by Crippen LogP contribution is -2.60. The average Bonchev–Trinajstić information content (AvgIpc) is 2.83. The lowest BCUT2D eigenvalue weighted by atomic mass is 9.99. The number of hydrogen-bond acceptors (Lipinski definition) is 9. The van der Waals surface area contributed by atoms with Gasteiger partial charge in [-0.25, -0.2) is 4.79 Å². The Morgan fingerprint density at radius 3 is 2.22 bits per heavy atom. The third-order valence-corrected chi connectivity index (χ3v) is 5.60. The fourth-order valence-electron chi connectivity index (χ4n) is 3.53.